The maximum absolute atomic E-state index is 12.9. The average molecular weight is 427 g/mol. The highest BCUT2D eigenvalue weighted by molar-refractivity contribution is 5.25. The molecule has 0 aromatic rings. The van der Waals surface area contributed by atoms with E-state index < -0.39 is 12.1 Å². The maximum Gasteiger partial charge on any atom is 0.391 e. The Bertz CT molecular complexity index is 655. The monoisotopic (exact) mass is 426 g/mol. The molecule has 4 aliphatic carbocycles. The molecule has 0 spiro atoms. The molecule has 0 aromatic heterocycles. The van der Waals surface area contributed by atoms with Crippen LogP contribution in [0, 0.1) is 40.4 Å². The predicted octanol–water partition coefficient (Wildman–Crippen LogP) is 7.69. The Balaban J connectivity index is 1.47. The van der Waals surface area contributed by atoms with Gasteiger partial charge in [-0.2, -0.15) is 13.2 Å². The fraction of sp³-hybridized carbons (Fsp3) is 0.923. The van der Waals surface area contributed by atoms with E-state index in [4.69, 9.17) is 0 Å². The Labute approximate surface area is 180 Å². The second kappa shape index (κ2) is 8.12. The van der Waals surface area contributed by atoms with Crippen LogP contribution in [-0.4, -0.2) is 17.4 Å². The molecule has 0 heterocycles. The maximum atomic E-state index is 12.9. The van der Waals surface area contributed by atoms with Crippen molar-refractivity contribution in [2.24, 2.45) is 40.4 Å². The van der Waals surface area contributed by atoms with Crippen molar-refractivity contribution < 1.29 is 18.3 Å². The summed E-state index contributed by atoms with van der Waals surface area (Å²) >= 11 is 0. The molecule has 0 bridgehead atoms. The molecule has 0 saturated heterocycles. The van der Waals surface area contributed by atoms with Gasteiger partial charge in [0, 0.05) is 0 Å². The standard InChI is InChI=1S/C26H41F3O/c1-17(26(27,28)29)6-4-7-18-8-5-9-22-21-11-10-19-16-20(30)12-14-25(19,3)23(21)13-15-24(18,22)2/h10,17-18,20-23,30H,4-9,11-16H2,1-3H3. The zero-order chi connectivity index (χ0) is 21.7. The van der Waals surface area contributed by atoms with Gasteiger partial charge in [0.15, 0.2) is 0 Å². The molecule has 0 aromatic carbocycles. The molecule has 8 atom stereocenters. The van der Waals surface area contributed by atoms with Gasteiger partial charge in [-0.05, 0) is 98.7 Å². The molecule has 30 heavy (non-hydrogen) atoms. The number of allylic oxidation sites excluding steroid dienone is 1. The predicted molar refractivity (Wildman–Crippen MR) is 115 cm³/mol. The lowest BCUT2D eigenvalue weighted by atomic mass is 9.43. The summed E-state index contributed by atoms with van der Waals surface area (Å²) in [6, 6.07) is 0. The Kier molecular flexibility index (Phi) is 6.14. The Morgan fingerprint density at radius 1 is 1.10 bits per heavy atom. The molecule has 0 aliphatic heterocycles. The average Bonchev–Trinajstić information content (AvgIpc) is 2.67. The first-order valence-electron chi connectivity index (χ1n) is 12.5. The van der Waals surface area contributed by atoms with E-state index in [-0.39, 0.29) is 17.9 Å². The number of aliphatic hydroxyl groups excluding tert-OH is 1. The van der Waals surface area contributed by atoms with Crippen LogP contribution in [0.4, 0.5) is 13.2 Å². The van der Waals surface area contributed by atoms with Crippen molar-refractivity contribution in [3.05, 3.63) is 11.6 Å². The molecular weight excluding hydrogens is 385 g/mol. The molecule has 3 fully saturated rings. The number of alkyl halides is 3. The first kappa shape index (κ1) is 22.7. The first-order chi connectivity index (χ1) is 14.1. The summed E-state index contributed by atoms with van der Waals surface area (Å²) in [6.07, 6.45) is 10.5. The second-order valence-corrected chi connectivity index (χ2v) is 11.7. The number of halogens is 3. The largest absolute Gasteiger partial charge is 0.393 e. The van der Waals surface area contributed by atoms with Crippen LogP contribution in [0.25, 0.3) is 0 Å². The molecule has 1 nitrogen and oxygen atoms in total. The third-order valence-electron chi connectivity index (χ3n) is 10.3. The van der Waals surface area contributed by atoms with Crippen LogP contribution in [0.2, 0.25) is 0 Å². The van der Waals surface area contributed by atoms with Crippen LogP contribution in [0.15, 0.2) is 11.6 Å². The molecule has 172 valence electrons. The van der Waals surface area contributed by atoms with E-state index in [0.29, 0.717) is 17.8 Å². The fourth-order valence-corrected chi connectivity index (χ4v) is 8.26. The highest BCUT2D eigenvalue weighted by atomic mass is 19.4. The van der Waals surface area contributed by atoms with Crippen LogP contribution in [0.1, 0.15) is 97.8 Å². The molecular formula is C26H41F3O. The van der Waals surface area contributed by atoms with Gasteiger partial charge in [0.05, 0.1) is 12.0 Å². The zero-order valence-corrected chi connectivity index (χ0v) is 19.1. The van der Waals surface area contributed by atoms with E-state index in [1.807, 2.05) is 0 Å². The van der Waals surface area contributed by atoms with Gasteiger partial charge in [-0.1, -0.05) is 45.3 Å². The van der Waals surface area contributed by atoms with E-state index in [9.17, 15) is 18.3 Å². The quantitative estimate of drug-likeness (QED) is 0.457. The summed E-state index contributed by atoms with van der Waals surface area (Å²) in [6.45, 7) is 6.28. The minimum Gasteiger partial charge on any atom is -0.393 e. The number of fused-ring (bicyclic) bond motifs is 5. The highest BCUT2D eigenvalue weighted by Gasteiger charge is 2.57. The lowest BCUT2D eigenvalue weighted by Gasteiger charge is -2.62. The molecule has 4 heteroatoms. The first-order valence-corrected chi connectivity index (χ1v) is 12.5. The van der Waals surface area contributed by atoms with Crippen LogP contribution >= 0.6 is 0 Å². The van der Waals surface area contributed by atoms with Crippen molar-refractivity contribution in [2.45, 2.75) is 110 Å². The van der Waals surface area contributed by atoms with Crippen LogP contribution < -0.4 is 0 Å². The number of rotatable bonds is 4. The number of aliphatic hydroxyl groups is 1. The SMILES string of the molecule is CC(CCCC1CCCC2C3CC=C4CC(O)CCC4(C)C3CCC12C)C(F)(F)F. The van der Waals surface area contributed by atoms with E-state index in [0.717, 1.165) is 49.9 Å². The van der Waals surface area contributed by atoms with E-state index in [1.54, 1.807) is 0 Å². The fourth-order valence-electron chi connectivity index (χ4n) is 8.26. The van der Waals surface area contributed by atoms with Gasteiger partial charge in [-0.25, -0.2) is 0 Å². The van der Waals surface area contributed by atoms with Crippen molar-refractivity contribution in [1.82, 2.24) is 0 Å². The molecule has 3 saturated carbocycles. The van der Waals surface area contributed by atoms with Crippen molar-refractivity contribution in [2.75, 3.05) is 0 Å². The third kappa shape index (κ3) is 3.88. The molecule has 0 radical (unpaired) electrons. The molecule has 0 amide bonds. The molecule has 4 rings (SSSR count). The zero-order valence-electron chi connectivity index (χ0n) is 19.1. The second-order valence-electron chi connectivity index (χ2n) is 11.7. The van der Waals surface area contributed by atoms with Crippen LogP contribution in [-0.2, 0) is 0 Å². The minimum atomic E-state index is -4.05. The minimum absolute atomic E-state index is 0.159. The summed E-state index contributed by atoms with van der Waals surface area (Å²) in [7, 11) is 0. The summed E-state index contributed by atoms with van der Waals surface area (Å²) in [4.78, 5) is 0. The number of hydrogen-bond acceptors (Lipinski definition) is 1. The van der Waals surface area contributed by atoms with Crippen LogP contribution in [0.5, 0.6) is 0 Å². The summed E-state index contributed by atoms with van der Waals surface area (Å²) in [5.41, 5.74) is 2.08. The highest BCUT2D eigenvalue weighted by Crippen LogP contribution is 2.65. The topological polar surface area (TPSA) is 20.2 Å². The summed E-state index contributed by atoms with van der Waals surface area (Å²) < 4.78 is 38.8. The number of hydrogen-bond donors (Lipinski definition) is 1. The smallest absolute Gasteiger partial charge is 0.391 e. The normalized spacial score (nSPS) is 45.0. The van der Waals surface area contributed by atoms with Gasteiger partial charge < -0.3 is 5.11 Å². The molecule has 1 N–H and O–H groups in total. The van der Waals surface area contributed by atoms with Crippen molar-refractivity contribution in [3.8, 4) is 0 Å². The molecule has 8 unspecified atom stereocenters. The Morgan fingerprint density at radius 3 is 2.60 bits per heavy atom. The van der Waals surface area contributed by atoms with Gasteiger partial charge in [-0.15, -0.1) is 0 Å². The van der Waals surface area contributed by atoms with Gasteiger partial charge >= 0.3 is 6.18 Å². The third-order valence-corrected chi connectivity index (χ3v) is 10.3. The van der Waals surface area contributed by atoms with Gasteiger partial charge in [0.25, 0.3) is 0 Å². The van der Waals surface area contributed by atoms with Crippen molar-refractivity contribution >= 4 is 0 Å². The lowest BCUT2D eigenvalue weighted by Crippen LogP contribution is -2.53. The molecule has 4 aliphatic rings. The van der Waals surface area contributed by atoms with Crippen molar-refractivity contribution in [1.29, 1.82) is 0 Å². The van der Waals surface area contributed by atoms with E-state index >= 15 is 0 Å². The lowest BCUT2D eigenvalue weighted by molar-refractivity contribution is -0.171. The Morgan fingerprint density at radius 2 is 1.87 bits per heavy atom. The summed E-state index contributed by atoms with van der Waals surface area (Å²) in [5, 5.41) is 10.2. The van der Waals surface area contributed by atoms with Gasteiger partial charge in [0.2, 0.25) is 0 Å². The van der Waals surface area contributed by atoms with Crippen LogP contribution in [0.3, 0.4) is 0 Å². The Hall–Kier alpha value is -0.510. The van der Waals surface area contributed by atoms with Crippen molar-refractivity contribution in [3.63, 3.8) is 0 Å². The van der Waals surface area contributed by atoms with Gasteiger partial charge in [0.1, 0.15) is 0 Å². The summed E-state index contributed by atoms with van der Waals surface area (Å²) in [5.74, 6) is 1.58. The van der Waals surface area contributed by atoms with E-state index in [1.165, 1.54) is 44.6 Å². The van der Waals surface area contributed by atoms with Gasteiger partial charge in [-0.3, -0.25) is 0 Å². The van der Waals surface area contributed by atoms with E-state index in [2.05, 4.69) is 19.9 Å².